The van der Waals surface area contributed by atoms with Crippen LogP contribution >= 0.6 is 0 Å². The van der Waals surface area contributed by atoms with Crippen molar-refractivity contribution in [2.75, 3.05) is 6.61 Å². The SMILES string of the molecule is Cc1cccc(C(CCOC(C)(C)C)C(=O)O)c1. The highest BCUT2D eigenvalue weighted by atomic mass is 16.5. The summed E-state index contributed by atoms with van der Waals surface area (Å²) in [6.45, 7) is 8.32. The number of aliphatic carboxylic acids is 1. The molecule has 0 aromatic heterocycles. The molecule has 0 saturated carbocycles. The van der Waals surface area contributed by atoms with E-state index in [9.17, 15) is 9.90 Å². The zero-order valence-electron chi connectivity index (χ0n) is 11.6. The zero-order chi connectivity index (χ0) is 13.8. The lowest BCUT2D eigenvalue weighted by Crippen LogP contribution is -2.22. The van der Waals surface area contributed by atoms with Crippen LogP contribution in [-0.2, 0) is 9.53 Å². The number of carboxylic acids is 1. The van der Waals surface area contributed by atoms with Crippen molar-refractivity contribution in [3.05, 3.63) is 35.4 Å². The Morgan fingerprint density at radius 1 is 1.39 bits per heavy atom. The Kier molecular flexibility index (Phi) is 4.91. The molecule has 100 valence electrons. The maximum Gasteiger partial charge on any atom is 0.311 e. The molecule has 0 aliphatic carbocycles. The molecular weight excluding hydrogens is 228 g/mol. The summed E-state index contributed by atoms with van der Waals surface area (Å²) in [4.78, 5) is 11.3. The summed E-state index contributed by atoms with van der Waals surface area (Å²) in [7, 11) is 0. The van der Waals surface area contributed by atoms with Crippen LogP contribution in [0.5, 0.6) is 0 Å². The van der Waals surface area contributed by atoms with Gasteiger partial charge in [-0.15, -0.1) is 0 Å². The summed E-state index contributed by atoms with van der Waals surface area (Å²) in [5.41, 5.74) is 1.70. The number of rotatable bonds is 5. The summed E-state index contributed by atoms with van der Waals surface area (Å²) in [5.74, 6) is -1.29. The van der Waals surface area contributed by atoms with E-state index in [0.29, 0.717) is 13.0 Å². The molecule has 3 nitrogen and oxygen atoms in total. The lowest BCUT2D eigenvalue weighted by molar-refractivity contribution is -0.139. The Balaban J connectivity index is 2.69. The van der Waals surface area contributed by atoms with Crippen molar-refractivity contribution in [3.63, 3.8) is 0 Å². The lowest BCUT2D eigenvalue weighted by atomic mass is 9.95. The minimum absolute atomic E-state index is 0.227. The van der Waals surface area contributed by atoms with Crippen LogP contribution in [0.2, 0.25) is 0 Å². The van der Waals surface area contributed by atoms with E-state index in [1.165, 1.54) is 0 Å². The van der Waals surface area contributed by atoms with E-state index in [4.69, 9.17) is 4.74 Å². The van der Waals surface area contributed by atoms with E-state index < -0.39 is 11.9 Å². The third-order valence-corrected chi connectivity index (χ3v) is 2.68. The molecule has 1 atom stereocenters. The number of benzene rings is 1. The first-order valence-corrected chi connectivity index (χ1v) is 6.23. The van der Waals surface area contributed by atoms with Gasteiger partial charge in [0.15, 0.2) is 0 Å². The van der Waals surface area contributed by atoms with Crippen molar-refractivity contribution in [2.24, 2.45) is 0 Å². The normalized spacial score (nSPS) is 13.3. The highest BCUT2D eigenvalue weighted by Gasteiger charge is 2.21. The topological polar surface area (TPSA) is 46.5 Å². The molecular formula is C15H22O3. The first-order chi connectivity index (χ1) is 8.29. The molecule has 0 amide bonds. The largest absolute Gasteiger partial charge is 0.481 e. The Hall–Kier alpha value is -1.35. The predicted octanol–water partition coefficient (Wildman–Crippen LogP) is 3.37. The third kappa shape index (κ3) is 4.88. The van der Waals surface area contributed by atoms with Crippen molar-refractivity contribution in [1.82, 2.24) is 0 Å². The fraction of sp³-hybridized carbons (Fsp3) is 0.533. The molecule has 1 aromatic carbocycles. The third-order valence-electron chi connectivity index (χ3n) is 2.68. The molecule has 1 unspecified atom stereocenters. The van der Waals surface area contributed by atoms with Gasteiger partial charge < -0.3 is 9.84 Å². The first kappa shape index (κ1) is 14.7. The van der Waals surface area contributed by atoms with Crippen LogP contribution in [0.4, 0.5) is 0 Å². The van der Waals surface area contributed by atoms with E-state index >= 15 is 0 Å². The van der Waals surface area contributed by atoms with E-state index in [-0.39, 0.29) is 5.60 Å². The fourth-order valence-electron chi connectivity index (χ4n) is 1.80. The van der Waals surface area contributed by atoms with E-state index in [2.05, 4.69) is 0 Å². The van der Waals surface area contributed by atoms with E-state index in [1.54, 1.807) is 0 Å². The van der Waals surface area contributed by atoms with Crippen LogP contribution in [0, 0.1) is 6.92 Å². The van der Waals surface area contributed by atoms with Crippen LogP contribution in [0.25, 0.3) is 0 Å². The Labute approximate surface area is 109 Å². The van der Waals surface area contributed by atoms with Gasteiger partial charge in [-0.3, -0.25) is 4.79 Å². The maximum atomic E-state index is 11.3. The number of hydrogen-bond acceptors (Lipinski definition) is 2. The Bertz CT molecular complexity index is 404. The van der Waals surface area contributed by atoms with E-state index in [1.807, 2.05) is 52.0 Å². The minimum atomic E-state index is -0.793. The highest BCUT2D eigenvalue weighted by molar-refractivity contribution is 5.76. The van der Waals surface area contributed by atoms with Gasteiger partial charge in [-0.2, -0.15) is 0 Å². The average molecular weight is 250 g/mol. The molecule has 0 bridgehead atoms. The van der Waals surface area contributed by atoms with Crippen molar-refractivity contribution in [3.8, 4) is 0 Å². The number of carboxylic acid groups (broad SMARTS) is 1. The quantitative estimate of drug-likeness (QED) is 0.871. The van der Waals surface area contributed by atoms with Crippen LogP contribution in [-0.4, -0.2) is 23.3 Å². The Morgan fingerprint density at radius 3 is 2.56 bits per heavy atom. The van der Waals surface area contributed by atoms with Gasteiger partial charge in [0.1, 0.15) is 0 Å². The van der Waals surface area contributed by atoms with Crippen LogP contribution < -0.4 is 0 Å². The molecule has 1 N–H and O–H groups in total. The van der Waals surface area contributed by atoms with Crippen LogP contribution in [0.1, 0.15) is 44.2 Å². The van der Waals surface area contributed by atoms with E-state index in [0.717, 1.165) is 11.1 Å². The van der Waals surface area contributed by atoms with Gasteiger partial charge in [0.2, 0.25) is 0 Å². The van der Waals surface area contributed by atoms with Gasteiger partial charge in [0, 0.05) is 6.61 Å². The number of hydrogen-bond donors (Lipinski definition) is 1. The zero-order valence-corrected chi connectivity index (χ0v) is 11.6. The molecule has 0 aliphatic rings. The Morgan fingerprint density at radius 2 is 2.06 bits per heavy atom. The smallest absolute Gasteiger partial charge is 0.311 e. The second-order valence-electron chi connectivity index (χ2n) is 5.55. The predicted molar refractivity (Wildman–Crippen MR) is 71.9 cm³/mol. The lowest BCUT2D eigenvalue weighted by Gasteiger charge is -2.21. The van der Waals surface area contributed by atoms with Gasteiger partial charge in [-0.05, 0) is 39.7 Å². The number of aryl methyl sites for hydroxylation is 1. The molecule has 3 heteroatoms. The molecule has 0 spiro atoms. The molecule has 0 aliphatic heterocycles. The standard InChI is InChI=1S/C15H22O3/c1-11-6-5-7-12(10-11)13(14(16)17)8-9-18-15(2,3)4/h5-7,10,13H,8-9H2,1-4H3,(H,16,17). The monoisotopic (exact) mass is 250 g/mol. The van der Waals surface area contributed by atoms with Crippen LogP contribution in [0.15, 0.2) is 24.3 Å². The first-order valence-electron chi connectivity index (χ1n) is 6.23. The summed E-state index contributed by atoms with van der Waals surface area (Å²) in [5, 5.41) is 9.29. The summed E-state index contributed by atoms with van der Waals surface area (Å²) < 4.78 is 5.60. The molecule has 0 fully saturated rings. The molecule has 1 aromatic rings. The molecule has 0 radical (unpaired) electrons. The summed E-state index contributed by atoms with van der Waals surface area (Å²) >= 11 is 0. The molecule has 18 heavy (non-hydrogen) atoms. The van der Waals surface area contributed by atoms with Crippen LogP contribution in [0.3, 0.4) is 0 Å². The number of carbonyl (C=O) groups is 1. The fourth-order valence-corrected chi connectivity index (χ4v) is 1.80. The van der Waals surface area contributed by atoms with Crippen molar-refractivity contribution >= 4 is 5.97 Å². The number of ether oxygens (including phenoxy) is 1. The highest BCUT2D eigenvalue weighted by Crippen LogP contribution is 2.22. The average Bonchev–Trinajstić information content (AvgIpc) is 2.22. The summed E-state index contributed by atoms with van der Waals surface area (Å²) in [6, 6.07) is 7.65. The van der Waals surface area contributed by atoms with Crippen molar-refractivity contribution < 1.29 is 14.6 Å². The second-order valence-corrected chi connectivity index (χ2v) is 5.55. The maximum absolute atomic E-state index is 11.3. The van der Waals surface area contributed by atoms with Crippen molar-refractivity contribution in [1.29, 1.82) is 0 Å². The molecule has 0 heterocycles. The second kappa shape index (κ2) is 6.01. The molecule has 0 saturated heterocycles. The van der Waals surface area contributed by atoms with Gasteiger partial charge in [-0.1, -0.05) is 29.8 Å². The van der Waals surface area contributed by atoms with Gasteiger partial charge >= 0.3 is 5.97 Å². The van der Waals surface area contributed by atoms with Gasteiger partial charge in [0.25, 0.3) is 0 Å². The van der Waals surface area contributed by atoms with Gasteiger partial charge in [-0.25, -0.2) is 0 Å². The minimum Gasteiger partial charge on any atom is -0.481 e. The molecule has 1 rings (SSSR count). The van der Waals surface area contributed by atoms with Crippen molar-refractivity contribution in [2.45, 2.75) is 45.6 Å². The van der Waals surface area contributed by atoms with Gasteiger partial charge in [0.05, 0.1) is 11.5 Å². The summed E-state index contributed by atoms with van der Waals surface area (Å²) in [6.07, 6.45) is 0.496.